The van der Waals surface area contributed by atoms with Gasteiger partial charge in [0.1, 0.15) is 0 Å². The Hall–Kier alpha value is -0.610. The zero-order valence-corrected chi connectivity index (χ0v) is 12.8. The molecule has 0 aliphatic carbocycles. The highest BCUT2D eigenvalue weighted by Crippen LogP contribution is 2.26. The van der Waals surface area contributed by atoms with Crippen LogP contribution in [0.3, 0.4) is 0 Å². The van der Waals surface area contributed by atoms with Gasteiger partial charge in [0.2, 0.25) is 0 Å². The minimum absolute atomic E-state index is 0.521. The zero-order valence-electron chi connectivity index (χ0n) is 12.1. The van der Waals surface area contributed by atoms with Crippen molar-refractivity contribution >= 4 is 11.6 Å². The van der Waals surface area contributed by atoms with Gasteiger partial charge in [-0.05, 0) is 50.8 Å². The van der Waals surface area contributed by atoms with Crippen LogP contribution in [0.15, 0.2) is 24.3 Å². The Balaban J connectivity index is 1.84. The van der Waals surface area contributed by atoms with E-state index < -0.39 is 11.7 Å². The smallest absolute Gasteiger partial charge is 0.0816 e. The van der Waals surface area contributed by atoms with Crippen LogP contribution in [0.1, 0.15) is 44.3 Å². The molecule has 0 bridgehead atoms. The Morgan fingerprint density at radius 3 is 2.80 bits per heavy atom. The fourth-order valence-electron chi connectivity index (χ4n) is 2.75. The van der Waals surface area contributed by atoms with Gasteiger partial charge in [-0.25, -0.2) is 0 Å². The van der Waals surface area contributed by atoms with Crippen LogP contribution in [0, 0.1) is 0 Å². The number of hydrogen-bond donors (Lipinski definition) is 2. The molecule has 1 fully saturated rings. The van der Waals surface area contributed by atoms with Crippen molar-refractivity contribution in [3.63, 3.8) is 0 Å². The van der Waals surface area contributed by atoms with E-state index >= 15 is 0 Å². The molecule has 2 unspecified atom stereocenters. The third kappa shape index (κ3) is 4.45. The first-order valence-corrected chi connectivity index (χ1v) is 7.73. The SMILES string of the molecule is CC1(O)CCCN(CCC(O)c2ccccc2Cl)CC1. The fraction of sp³-hybridized carbons (Fsp3) is 0.625. The fourth-order valence-corrected chi connectivity index (χ4v) is 3.01. The van der Waals surface area contributed by atoms with Crippen molar-refractivity contribution in [2.24, 2.45) is 0 Å². The quantitative estimate of drug-likeness (QED) is 0.898. The van der Waals surface area contributed by atoms with E-state index in [1.165, 1.54) is 0 Å². The number of halogens is 1. The van der Waals surface area contributed by atoms with Gasteiger partial charge < -0.3 is 15.1 Å². The Morgan fingerprint density at radius 1 is 1.30 bits per heavy atom. The molecule has 1 aliphatic rings. The number of aliphatic hydroxyl groups excluding tert-OH is 1. The Kier molecular flexibility index (Phi) is 5.44. The number of hydrogen-bond acceptors (Lipinski definition) is 3. The monoisotopic (exact) mass is 297 g/mol. The summed E-state index contributed by atoms with van der Waals surface area (Å²) in [5, 5.41) is 20.9. The highest BCUT2D eigenvalue weighted by molar-refractivity contribution is 6.31. The molecule has 0 saturated carbocycles. The van der Waals surface area contributed by atoms with Gasteiger partial charge >= 0.3 is 0 Å². The van der Waals surface area contributed by atoms with Crippen molar-refractivity contribution in [1.82, 2.24) is 4.90 Å². The number of aliphatic hydroxyl groups is 2. The molecule has 1 aliphatic heterocycles. The van der Waals surface area contributed by atoms with Gasteiger partial charge in [-0.2, -0.15) is 0 Å². The van der Waals surface area contributed by atoms with Gasteiger partial charge in [0.25, 0.3) is 0 Å². The summed E-state index contributed by atoms with van der Waals surface area (Å²) >= 11 is 6.10. The summed E-state index contributed by atoms with van der Waals surface area (Å²) in [6.45, 7) is 4.63. The maximum Gasteiger partial charge on any atom is 0.0816 e. The lowest BCUT2D eigenvalue weighted by molar-refractivity contribution is 0.0441. The molecule has 0 aromatic heterocycles. The van der Waals surface area contributed by atoms with Crippen LogP contribution in [0.2, 0.25) is 5.02 Å². The standard InChI is InChI=1S/C16H24ClNO2/c1-16(20)8-4-10-18(12-9-16)11-7-15(19)13-5-2-3-6-14(13)17/h2-3,5-6,15,19-20H,4,7-12H2,1H3. The second-order valence-corrected chi connectivity index (χ2v) is 6.43. The van der Waals surface area contributed by atoms with Crippen LogP contribution in [-0.4, -0.2) is 40.3 Å². The molecular weight excluding hydrogens is 274 g/mol. The third-order valence-electron chi connectivity index (χ3n) is 4.14. The van der Waals surface area contributed by atoms with Crippen LogP contribution >= 0.6 is 11.6 Å². The van der Waals surface area contributed by atoms with E-state index in [1.807, 2.05) is 31.2 Å². The molecule has 2 rings (SSSR count). The van der Waals surface area contributed by atoms with Crippen molar-refractivity contribution in [2.75, 3.05) is 19.6 Å². The van der Waals surface area contributed by atoms with E-state index in [-0.39, 0.29) is 0 Å². The normalized spacial score (nSPS) is 26.2. The van der Waals surface area contributed by atoms with Gasteiger partial charge in [-0.3, -0.25) is 0 Å². The third-order valence-corrected chi connectivity index (χ3v) is 4.48. The lowest BCUT2D eigenvalue weighted by Gasteiger charge is -2.23. The summed E-state index contributed by atoms with van der Waals surface area (Å²) in [7, 11) is 0. The van der Waals surface area contributed by atoms with Crippen LogP contribution in [0.5, 0.6) is 0 Å². The summed E-state index contributed by atoms with van der Waals surface area (Å²) in [5.74, 6) is 0. The Bertz CT molecular complexity index is 436. The van der Waals surface area contributed by atoms with Gasteiger partial charge in [-0.15, -0.1) is 0 Å². The van der Waals surface area contributed by atoms with Crippen molar-refractivity contribution < 1.29 is 10.2 Å². The van der Waals surface area contributed by atoms with Gasteiger partial charge in [-0.1, -0.05) is 29.8 Å². The molecule has 3 nitrogen and oxygen atoms in total. The highest BCUT2D eigenvalue weighted by atomic mass is 35.5. The Morgan fingerprint density at radius 2 is 2.05 bits per heavy atom. The van der Waals surface area contributed by atoms with Crippen molar-refractivity contribution in [3.05, 3.63) is 34.9 Å². The predicted octanol–water partition coefficient (Wildman–Crippen LogP) is 3.00. The summed E-state index contributed by atoms with van der Waals surface area (Å²) in [5.41, 5.74) is 0.270. The molecule has 2 N–H and O–H groups in total. The van der Waals surface area contributed by atoms with Crippen LogP contribution < -0.4 is 0 Å². The molecule has 1 saturated heterocycles. The molecule has 0 radical (unpaired) electrons. The summed E-state index contributed by atoms with van der Waals surface area (Å²) < 4.78 is 0. The van der Waals surface area contributed by atoms with E-state index in [9.17, 15) is 10.2 Å². The molecule has 0 amide bonds. The molecule has 20 heavy (non-hydrogen) atoms. The summed E-state index contributed by atoms with van der Waals surface area (Å²) in [4.78, 5) is 2.32. The maximum atomic E-state index is 10.2. The van der Waals surface area contributed by atoms with E-state index in [0.717, 1.165) is 44.5 Å². The van der Waals surface area contributed by atoms with Crippen LogP contribution in [0.4, 0.5) is 0 Å². The minimum Gasteiger partial charge on any atom is -0.390 e. The van der Waals surface area contributed by atoms with Crippen LogP contribution in [0.25, 0.3) is 0 Å². The molecule has 1 heterocycles. The van der Waals surface area contributed by atoms with E-state index in [2.05, 4.69) is 4.90 Å². The van der Waals surface area contributed by atoms with E-state index in [4.69, 9.17) is 11.6 Å². The second kappa shape index (κ2) is 6.90. The maximum absolute atomic E-state index is 10.2. The lowest BCUT2D eigenvalue weighted by atomic mass is 9.98. The first kappa shape index (κ1) is 15.8. The molecule has 4 heteroatoms. The van der Waals surface area contributed by atoms with E-state index in [1.54, 1.807) is 0 Å². The number of benzene rings is 1. The van der Waals surface area contributed by atoms with Crippen molar-refractivity contribution in [3.8, 4) is 0 Å². The van der Waals surface area contributed by atoms with E-state index in [0.29, 0.717) is 11.4 Å². The van der Waals surface area contributed by atoms with Crippen LogP contribution in [-0.2, 0) is 0 Å². The molecule has 1 aromatic carbocycles. The number of likely N-dealkylation sites (tertiary alicyclic amines) is 1. The Labute approximate surface area is 126 Å². The lowest BCUT2D eigenvalue weighted by Crippen LogP contribution is -2.29. The molecule has 112 valence electrons. The number of nitrogens with zero attached hydrogens (tertiary/aromatic N) is 1. The second-order valence-electron chi connectivity index (χ2n) is 6.02. The number of rotatable bonds is 4. The molecule has 0 spiro atoms. The molecular formula is C16H24ClNO2. The first-order valence-electron chi connectivity index (χ1n) is 7.35. The molecule has 1 aromatic rings. The summed E-state index contributed by atoms with van der Waals surface area (Å²) in [6.07, 6.45) is 2.82. The largest absolute Gasteiger partial charge is 0.390 e. The van der Waals surface area contributed by atoms with Gasteiger partial charge in [0.05, 0.1) is 11.7 Å². The average molecular weight is 298 g/mol. The van der Waals surface area contributed by atoms with Gasteiger partial charge in [0.15, 0.2) is 0 Å². The summed E-state index contributed by atoms with van der Waals surface area (Å²) in [6, 6.07) is 7.45. The highest BCUT2D eigenvalue weighted by Gasteiger charge is 2.25. The minimum atomic E-state index is -0.532. The zero-order chi connectivity index (χ0) is 14.6. The molecule has 2 atom stereocenters. The predicted molar refractivity (Wildman–Crippen MR) is 81.9 cm³/mol. The van der Waals surface area contributed by atoms with Gasteiger partial charge in [0, 0.05) is 18.1 Å². The topological polar surface area (TPSA) is 43.7 Å². The van der Waals surface area contributed by atoms with Crippen molar-refractivity contribution in [1.29, 1.82) is 0 Å². The van der Waals surface area contributed by atoms with Crippen molar-refractivity contribution in [2.45, 2.75) is 44.3 Å². The average Bonchev–Trinajstić information content (AvgIpc) is 2.57. The first-order chi connectivity index (χ1) is 9.48.